The van der Waals surface area contributed by atoms with E-state index in [1.807, 2.05) is 30.3 Å². The van der Waals surface area contributed by atoms with Crippen LogP contribution in [0, 0.1) is 5.82 Å². The molecule has 0 unspecified atom stereocenters. The van der Waals surface area contributed by atoms with Crippen molar-refractivity contribution in [1.82, 2.24) is 4.90 Å². The zero-order valence-electron chi connectivity index (χ0n) is 14.2. The molecule has 2 aromatic rings. The highest BCUT2D eigenvalue weighted by atomic mass is 19.1. The van der Waals surface area contributed by atoms with E-state index in [9.17, 15) is 9.18 Å². The number of piperazine rings is 1. The standard InChI is InChI=1S/C20H22FN3O/c21-17-2-4-18(5-3-17)24-11-9-23(10-12-24)14-20(25)16-1-6-19-15(13-16)7-8-22-19/h1-6,13,22H,7-12,14H2. The monoisotopic (exact) mass is 339 g/mol. The number of carbonyl (C=O) groups excluding carboxylic acids is 1. The number of rotatable bonds is 4. The number of Topliss-reactive ketones (excluding diaryl/α,β-unsaturated/α-hetero) is 1. The van der Waals surface area contributed by atoms with E-state index in [-0.39, 0.29) is 11.6 Å². The number of benzene rings is 2. The Labute approximate surface area is 147 Å². The fraction of sp³-hybridized carbons (Fsp3) is 0.350. The Morgan fingerprint density at radius 1 is 1.04 bits per heavy atom. The van der Waals surface area contributed by atoms with E-state index in [1.165, 1.54) is 17.7 Å². The van der Waals surface area contributed by atoms with Gasteiger partial charge in [-0.15, -0.1) is 0 Å². The summed E-state index contributed by atoms with van der Waals surface area (Å²) in [6, 6.07) is 12.6. The summed E-state index contributed by atoms with van der Waals surface area (Å²) < 4.78 is 13.0. The molecule has 0 atom stereocenters. The minimum atomic E-state index is -0.211. The van der Waals surface area contributed by atoms with Crippen LogP contribution in [-0.4, -0.2) is 50.0 Å². The molecule has 0 aliphatic carbocycles. The molecule has 0 bridgehead atoms. The number of carbonyl (C=O) groups is 1. The van der Waals surface area contributed by atoms with Crippen LogP contribution >= 0.6 is 0 Å². The fourth-order valence-corrected chi connectivity index (χ4v) is 3.59. The molecule has 5 heteroatoms. The molecule has 1 saturated heterocycles. The van der Waals surface area contributed by atoms with Crippen molar-refractivity contribution >= 4 is 17.2 Å². The molecule has 1 N–H and O–H groups in total. The average molecular weight is 339 g/mol. The number of ketones is 1. The number of fused-ring (bicyclic) bond motifs is 1. The summed E-state index contributed by atoms with van der Waals surface area (Å²) in [6.45, 7) is 4.81. The van der Waals surface area contributed by atoms with E-state index in [0.717, 1.165) is 56.1 Å². The van der Waals surface area contributed by atoms with Crippen LogP contribution in [0.15, 0.2) is 42.5 Å². The summed E-state index contributed by atoms with van der Waals surface area (Å²) in [6.07, 6.45) is 0.993. The van der Waals surface area contributed by atoms with Crippen LogP contribution in [0.25, 0.3) is 0 Å². The van der Waals surface area contributed by atoms with Crippen LogP contribution in [0.3, 0.4) is 0 Å². The van der Waals surface area contributed by atoms with Gasteiger partial charge in [0.05, 0.1) is 6.54 Å². The summed E-state index contributed by atoms with van der Waals surface area (Å²) in [5.74, 6) is -0.0255. The summed E-state index contributed by atoms with van der Waals surface area (Å²) in [4.78, 5) is 17.0. The molecule has 2 aromatic carbocycles. The normalized spacial score (nSPS) is 17.2. The van der Waals surface area contributed by atoms with Gasteiger partial charge in [0.1, 0.15) is 5.82 Å². The van der Waals surface area contributed by atoms with Crippen molar-refractivity contribution in [2.75, 3.05) is 49.5 Å². The summed E-state index contributed by atoms with van der Waals surface area (Å²) in [5.41, 5.74) is 4.25. The van der Waals surface area contributed by atoms with Crippen molar-refractivity contribution in [3.63, 3.8) is 0 Å². The molecule has 2 aliphatic heterocycles. The maximum atomic E-state index is 13.0. The first kappa shape index (κ1) is 16.1. The molecular weight excluding hydrogens is 317 g/mol. The van der Waals surface area contributed by atoms with E-state index in [2.05, 4.69) is 15.1 Å². The third-order valence-electron chi connectivity index (χ3n) is 5.07. The number of hydrogen-bond donors (Lipinski definition) is 1. The molecule has 4 nitrogen and oxygen atoms in total. The highest BCUT2D eigenvalue weighted by Crippen LogP contribution is 2.23. The summed E-state index contributed by atoms with van der Waals surface area (Å²) in [7, 11) is 0. The van der Waals surface area contributed by atoms with Crippen molar-refractivity contribution in [3.05, 3.63) is 59.4 Å². The molecule has 0 spiro atoms. The number of anilines is 2. The Morgan fingerprint density at radius 3 is 2.56 bits per heavy atom. The van der Waals surface area contributed by atoms with Gasteiger partial charge in [-0.3, -0.25) is 9.69 Å². The minimum Gasteiger partial charge on any atom is -0.384 e. The largest absolute Gasteiger partial charge is 0.384 e. The van der Waals surface area contributed by atoms with Crippen molar-refractivity contribution < 1.29 is 9.18 Å². The summed E-state index contributed by atoms with van der Waals surface area (Å²) >= 11 is 0. The van der Waals surface area contributed by atoms with Crippen molar-refractivity contribution in [2.24, 2.45) is 0 Å². The maximum absolute atomic E-state index is 13.0. The van der Waals surface area contributed by atoms with E-state index in [0.29, 0.717) is 6.54 Å². The second-order valence-corrected chi connectivity index (χ2v) is 6.71. The first-order chi connectivity index (χ1) is 12.2. The lowest BCUT2D eigenvalue weighted by molar-refractivity contribution is 0.0926. The van der Waals surface area contributed by atoms with E-state index >= 15 is 0 Å². The molecule has 0 aromatic heterocycles. The number of halogens is 1. The maximum Gasteiger partial charge on any atom is 0.176 e. The molecule has 25 heavy (non-hydrogen) atoms. The third-order valence-corrected chi connectivity index (χ3v) is 5.07. The molecule has 130 valence electrons. The molecule has 0 saturated carbocycles. The highest BCUT2D eigenvalue weighted by molar-refractivity contribution is 5.98. The quantitative estimate of drug-likeness (QED) is 0.869. The van der Waals surface area contributed by atoms with Gasteiger partial charge in [0.15, 0.2) is 5.78 Å². The zero-order valence-corrected chi connectivity index (χ0v) is 14.2. The molecule has 2 aliphatic rings. The van der Waals surface area contributed by atoms with Crippen LogP contribution in [0.5, 0.6) is 0 Å². The molecule has 0 radical (unpaired) electrons. The number of hydrogen-bond acceptors (Lipinski definition) is 4. The Morgan fingerprint density at radius 2 is 1.80 bits per heavy atom. The van der Waals surface area contributed by atoms with Crippen molar-refractivity contribution in [2.45, 2.75) is 6.42 Å². The molecule has 1 fully saturated rings. The van der Waals surface area contributed by atoms with Crippen LogP contribution in [0.1, 0.15) is 15.9 Å². The third kappa shape index (κ3) is 3.51. The van der Waals surface area contributed by atoms with Crippen LogP contribution < -0.4 is 10.2 Å². The van der Waals surface area contributed by atoms with Crippen molar-refractivity contribution in [1.29, 1.82) is 0 Å². The van der Waals surface area contributed by atoms with Gasteiger partial charge >= 0.3 is 0 Å². The van der Waals surface area contributed by atoms with Crippen molar-refractivity contribution in [3.8, 4) is 0 Å². The van der Waals surface area contributed by atoms with Gasteiger partial charge < -0.3 is 10.2 Å². The first-order valence-electron chi connectivity index (χ1n) is 8.82. The topological polar surface area (TPSA) is 35.6 Å². The van der Waals surface area contributed by atoms with Gasteiger partial charge in [-0.1, -0.05) is 0 Å². The predicted octanol–water partition coefficient (Wildman–Crippen LogP) is 2.80. The lowest BCUT2D eigenvalue weighted by atomic mass is 10.0. The van der Waals surface area contributed by atoms with Gasteiger partial charge in [0.25, 0.3) is 0 Å². The molecular formula is C20H22FN3O. The second-order valence-electron chi connectivity index (χ2n) is 6.71. The van der Waals surface area contributed by atoms with Gasteiger partial charge in [-0.25, -0.2) is 4.39 Å². The average Bonchev–Trinajstić information content (AvgIpc) is 3.11. The lowest BCUT2D eigenvalue weighted by Gasteiger charge is -2.35. The Balaban J connectivity index is 1.34. The van der Waals surface area contributed by atoms with Gasteiger partial charge in [-0.05, 0) is 54.4 Å². The Kier molecular flexibility index (Phi) is 4.40. The van der Waals surface area contributed by atoms with Crippen LogP contribution in [-0.2, 0) is 6.42 Å². The Bertz CT molecular complexity index is 767. The smallest absolute Gasteiger partial charge is 0.176 e. The SMILES string of the molecule is O=C(CN1CCN(c2ccc(F)cc2)CC1)c1ccc2c(c1)CCN2. The molecule has 4 rings (SSSR count). The fourth-order valence-electron chi connectivity index (χ4n) is 3.59. The zero-order chi connectivity index (χ0) is 17.2. The van der Waals surface area contributed by atoms with E-state index in [1.54, 1.807) is 0 Å². The van der Waals surface area contributed by atoms with E-state index < -0.39 is 0 Å². The Hall–Kier alpha value is -2.40. The summed E-state index contributed by atoms with van der Waals surface area (Å²) in [5, 5.41) is 3.32. The number of nitrogens with one attached hydrogen (secondary N) is 1. The van der Waals surface area contributed by atoms with Gasteiger partial charge in [-0.2, -0.15) is 0 Å². The van der Waals surface area contributed by atoms with Gasteiger partial charge in [0, 0.05) is 49.7 Å². The van der Waals surface area contributed by atoms with E-state index in [4.69, 9.17) is 0 Å². The minimum absolute atomic E-state index is 0.185. The second kappa shape index (κ2) is 6.84. The number of nitrogens with zero attached hydrogens (tertiary/aromatic N) is 2. The van der Waals surface area contributed by atoms with Gasteiger partial charge in [0.2, 0.25) is 0 Å². The highest BCUT2D eigenvalue weighted by Gasteiger charge is 2.21. The van der Waals surface area contributed by atoms with Crippen LogP contribution in [0.2, 0.25) is 0 Å². The molecule has 0 amide bonds. The molecule has 2 heterocycles. The first-order valence-corrected chi connectivity index (χ1v) is 8.82. The lowest BCUT2D eigenvalue weighted by Crippen LogP contribution is -2.48. The van der Waals surface area contributed by atoms with Crippen LogP contribution in [0.4, 0.5) is 15.8 Å². The predicted molar refractivity (Wildman–Crippen MR) is 98.0 cm³/mol.